The third-order valence-corrected chi connectivity index (χ3v) is 3.68. The predicted octanol–water partition coefficient (Wildman–Crippen LogP) is 4.09. The van der Waals surface area contributed by atoms with Crippen LogP contribution in [0.3, 0.4) is 0 Å². The Labute approximate surface area is 149 Å². The van der Waals surface area contributed by atoms with Crippen LogP contribution in [-0.4, -0.2) is 23.0 Å². The second-order valence-electron chi connectivity index (χ2n) is 6.17. The van der Waals surface area contributed by atoms with Gasteiger partial charge in [-0.05, 0) is 56.3 Å². The largest absolute Gasteiger partial charge is 0.350 e. The second-order valence-corrected chi connectivity index (χ2v) is 6.17. The van der Waals surface area contributed by atoms with E-state index in [1.165, 1.54) is 12.1 Å². The van der Waals surface area contributed by atoms with E-state index in [1.54, 1.807) is 36.4 Å². The zero-order valence-corrected chi connectivity index (χ0v) is 14.4. The molecule has 6 nitrogen and oxygen atoms in total. The molecule has 1 aromatic heterocycles. The monoisotopic (exact) mass is 354 g/mol. The summed E-state index contributed by atoms with van der Waals surface area (Å²) >= 11 is 0. The van der Waals surface area contributed by atoms with Crippen LogP contribution in [0.2, 0.25) is 0 Å². The lowest BCUT2D eigenvalue weighted by molar-refractivity contribution is 0.102. The minimum absolute atomic E-state index is 0.0368. The highest BCUT2D eigenvalue weighted by Gasteiger charge is 2.12. The predicted molar refractivity (Wildman–Crippen MR) is 99.9 cm³/mol. The Bertz CT molecular complexity index is 948. The number of urea groups is 1. The molecule has 4 N–H and O–H groups in total. The van der Waals surface area contributed by atoms with Gasteiger partial charge in [-0.15, -0.1) is 0 Å². The Morgan fingerprint density at radius 2 is 1.65 bits per heavy atom. The van der Waals surface area contributed by atoms with Gasteiger partial charge in [-0.2, -0.15) is 0 Å². The van der Waals surface area contributed by atoms with Crippen molar-refractivity contribution in [1.29, 1.82) is 0 Å². The van der Waals surface area contributed by atoms with Gasteiger partial charge in [-0.1, -0.05) is 6.07 Å². The van der Waals surface area contributed by atoms with E-state index in [0.29, 0.717) is 22.3 Å². The highest BCUT2D eigenvalue weighted by molar-refractivity contribution is 6.06. The first-order chi connectivity index (χ1) is 12.4. The fraction of sp³-hybridized carbons (Fsp3) is 0.158. The number of aromatic nitrogens is 1. The summed E-state index contributed by atoms with van der Waals surface area (Å²) in [5.41, 5.74) is 1.99. The third-order valence-electron chi connectivity index (χ3n) is 3.68. The fourth-order valence-electron chi connectivity index (χ4n) is 2.51. The molecule has 0 aliphatic rings. The molecule has 0 aliphatic carbocycles. The fourth-order valence-corrected chi connectivity index (χ4v) is 2.51. The summed E-state index contributed by atoms with van der Waals surface area (Å²) in [7, 11) is 0. The second kappa shape index (κ2) is 7.26. The van der Waals surface area contributed by atoms with Gasteiger partial charge >= 0.3 is 6.03 Å². The van der Waals surface area contributed by atoms with Crippen molar-refractivity contribution in [3.8, 4) is 0 Å². The number of aromatic amines is 1. The van der Waals surface area contributed by atoms with Gasteiger partial charge in [0.25, 0.3) is 5.91 Å². The SMILES string of the molecule is CC(C)NC(=O)Nc1ccc(NC(=O)c2cc3c(F)cccc3[nH]2)cc1. The minimum Gasteiger partial charge on any atom is -0.350 e. The Morgan fingerprint density at radius 3 is 2.27 bits per heavy atom. The zero-order valence-electron chi connectivity index (χ0n) is 14.4. The lowest BCUT2D eigenvalue weighted by Gasteiger charge is -2.10. The lowest BCUT2D eigenvalue weighted by atomic mass is 10.2. The molecule has 7 heteroatoms. The van der Waals surface area contributed by atoms with Crippen molar-refractivity contribution in [1.82, 2.24) is 10.3 Å². The van der Waals surface area contributed by atoms with Crippen LogP contribution in [0.1, 0.15) is 24.3 Å². The molecule has 0 spiro atoms. The van der Waals surface area contributed by atoms with E-state index < -0.39 is 0 Å². The summed E-state index contributed by atoms with van der Waals surface area (Å²) in [5.74, 6) is -0.758. The smallest absolute Gasteiger partial charge is 0.319 e. The third kappa shape index (κ3) is 4.00. The molecule has 134 valence electrons. The number of hydrogen-bond acceptors (Lipinski definition) is 2. The van der Waals surface area contributed by atoms with Crippen LogP contribution in [0, 0.1) is 5.82 Å². The lowest BCUT2D eigenvalue weighted by Crippen LogP contribution is -2.34. The summed E-state index contributed by atoms with van der Waals surface area (Å²) in [5, 5.41) is 8.52. The number of nitrogens with one attached hydrogen (secondary N) is 4. The van der Waals surface area contributed by atoms with Gasteiger partial charge in [-0.3, -0.25) is 4.79 Å². The summed E-state index contributed by atoms with van der Waals surface area (Å²) in [4.78, 5) is 26.9. The van der Waals surface area contributed by atoms with Crippen LogP contribution >= 0.6 is 0 Å². The molecular formula is C19H19FN4O2. The highest BCUT2D eigenvalue weighted by atomic mass is 19.1. The van der Waals surface area contributed by atoms with E-state index in [9.17, 15) is 14.0 Å². The van der Waals surface area contributed by atoms with E-state index in [2.05, 4.69) is 20.9 Å². The molecular weight excluding hydrogens is 335 g/mol. The van der Waals surface area contributed by atoms with Crippen molar-refractivity contribution >= 4 is 34.2 Å². The molecule has 3 rings (SSSR count). The maximum absolute atomic E-state index is 13.7. The molecule has 0 unspecified atom stereocenters. The molecule has 2 aromatic carbocycles. The Morgan fingerprint density at radius 1 is 1.00 bits per heavy atom. The number of rotatable bonds is 4. The van der Waals surface area contributed by atoms with Gasteiger partial charge in [0.05, 0.1) is 0 Å². The molecule has 0 radical (unpaired) electrons. The number of carbonyl (C=O) groups excluding carboxylic acids is 2. The first-order valence-electron chi connectivity index (χ1n) is 8.18. The standard InChI is InChI=1S/C19H19FN4O2/c1-11(2)21-19(26)23-13-8-6-12(7-9-13)22-18(25)17-10-14-15(20)4-3-5-16(14)24-17/h3-11,24H,1-2H3,(H,22,25)(H2,21,23,26). The Balaban J connectivity index is 1.67. The van der Waals surface area contributed by atoms with Crippen molar-refractivity contribution in [3.05, 3.63) is 60.0 Å². The first kappa shape index (κ1) is 17.5. The van der Waals surface area contributed by atoms with Crippen LogP contribution in [0.4, 0.5) is 20.6 Å². The molecule has 0 bridgehead atoms. The van der Waals surface area contributed by atoms with Crippen molar-refractivity contribution in [2.45, 2.75) is 19.9 Å². The van der Waals surface area contributed by atoms with Crippen LogP contribution in [0.5, 0.6) is 0 Å². The molecule has 0 fully saturated rings. The van der Waals surface area contributed by atoms with E-state index in [4.69, 9.17) is 0 Å². The molecule has 0 aliphatic heterocycles. The van der Waals surface area contributed by atoms with Crippen molar-refractivity contribution in [3.63, 3.8) is 0 Å². The Kier molecular flexibility index (Phi) is 4.88. The average Bonchev–Trinajstić information content (AvgIpc) is 3.02. The van der Waals surface area contributed by atoms with Crippen LogP contribution in [-0.2, 0) is 0 Å². The topological polar surface area (TPSA) is 86.0 Å². The summed E-state index contributed by atoms with van der Waals surface area (Å²) in [6.07, 6.45) is 0. The number of carbonyl (C=O) groups is 2. The summed E-state index contributed by atoms with van der Waals surface area (Å²) < 4.78 is 13.7. The van der Waals surface area contributed by atoms with Gasteiger partial charge < -0.3 is 20.9 Å². The average molecular weight is 354 g/mol. The maximum atomic E-state index is 13.7. The van der Waals surface area contributed by atoms with E-state index in [0.717, 1.165) is 0 Å². The summed E-state index contributed by atoms with van der Waals surface area (Å²) in [6, 6.07) is 12.6. The number of hydrogen-bond donors (Lipinski definition) is 4. The van der Waals surface area contributed by atoms with Crippen LogP contribution in [0.25, 0.3) is 10.9 Å². The van der Waals surface area contributed by atoms with Crippen molar-refractivity contribution in [2.24, 2.45) is 0 Å². The van der Waals surface area contributed by atoms with Gasteiger partial charge in [0.1, 0.15) is 11.5 Å². The molecule has 26 heavy (non-hydrogen) atoms. The molecule has 3 amide bonds. The number of benzene rings is 2. The van der Waals surface area contributed by atoms with Crippen LogP contribution < -0.4 is 16.0 Å². The van der Waals surface area contributed by atoms with Crippen molar-refractivity contribution in [2.75, 3.05) is 10.6 Å². The summed E-state index contributed by atoms with van der Waals surface area (Å²) in [6.45, 7) is 3.74. The highest BCUT2D eigenvalue weighted by Crippen LogP contribution is 2.20. The molecule has 0 atom stereocenters. The van der Waals surface area contributed by atoms with Crippen molar-refractivity contribution < 1.29 is 14.0 Å². The molecule has 0 saturated carbocycles. The van der Waals surface area contributed by atoms with Gasteiger partial charge in [-0.25, -0.2) is 9.18 Å². The first-order valence-corrected chi connectivity index (χ1v) is 8.18. The van der Waals surface area contributed by atoms with E-state index in [-0.39, 0.29) is 29.5 Å². The zero-order chi connectivity index (χ0) is 18.7. The molecule has 3 aromatic rings. The number of fused-ring (bicyclic) bond motifs is 1. The van der Waals surface area contributed by atoms with Gasteiger partial charge in [0.15, 0.2) is 0 Å². The molecule has 1 heterocycles. The van der Waals surface area contributed by atoms with E-state index in [1.807, 2.05) is 13.8 Å². The normalized spacial score (nSPS) is 10.8. The quantitative estimate of drug-likeness (QED) is 0.569. The molecule has 0 saturated heterocycles. The number of anilines is 2. The number of amides is 3. The van der Waals surface area contributed by atoms with E-state index >= 15 is 0 Å². The number of H-pyrrole nitrogens is 1. The van der Waals surface area contributed by atoms with Crippen LogP contribution in [0.15, 0.2) is 48.5 Å². The number of halogens is 1. The Hall–Kier alpha value is -3.35. The van der Waals surface area contributed by atoms with Gasteiger partial charge in [0, 0.05) is 28.3 Å². The van der Waals surface area contributed by atoms with Gasteiger partial charge in [0.2, 0.25) is 0 Å². The minimum atomic E-state index is -0.382. The maximum Gasteiger partial charge on any atom is 0.319 e.